The van der Waals surface area contributed by atoms with E-state index in [2.05, 4.69) is 6.92 Å². The van der Waals surface area contributed by atoms with E-state index in [9.17, 15) is 4.79 Å². The number of nitrogens with zero attached hydrogens (tertiary/aromatic N) is 3. The van der Waals surface area contributed by atoms with Gasteiger partial charge in [-0.3, -0.25) is 4.79 Å². The Morgan fingerprint density at radius 3 is 2.58 bits per heavy atom. The highest BCUT2D eigenvalue weighted by Crippen LogP contribution is 2.42. The number of rotatable bonds is 4. The Balaban J connectivity index is 1.69. The number of likely N-dealkylation sites (N-methyl/N-ethyl adjacent to an activating group) is 1. The van der Waals surface area contributed by atoms with Gasteiger partial charge in [-0.2, -0.15) is 5.10 Å². The summed E-state index contributed by atoms with van der Waals surface area (Å²) in [7, 11) is 0. The van der Waals surface area contributed by atoms with E-state index >= 15 is 0 Å². The number of quaternary nitrogens is 1. The van der Waals surface area contributed by atoms with Crippen molar-refractivity contribution in [2.75, 3.05) is 32.7 Å². The summed E-state index contributed by atoms with van der Waals surface area (Å²) in [5.41, 5.74) is 3.49. The van der Waals surface area contributed by atoms with Crippen LogP contribution >= 0.6 is 11.6 Å². The predicted molar refractivity (Wildman–Crippen MR) is 102 cm³/mol. The minimum atomic E-state index is 0.137. The Kier molecular flexibility index (Phi) is 4.76. The summed E-state index contributed by atoms with van der Waals surface area (Å²) in [6, 6.07) is 7.68. The molecule has 4 rings (SSSR count). The molecule has 1 aromatic heterocycles. The van der Waals surface area contributed by atoms with Crippen LogP contribution in [0.25, 0.3) is 5.69 Å². The van der Waals surface area contributed by atoms with Gasteiger partial charge in [0.2, 0.25) is 0 Å². The van der Waals surface area contributed by atoms with E-state index in [0.29, 0.717) is 10.9 Å². The second-order valence-electron chi connectivity index (χ2n) is 7.38. The third-order valence-corrected chi connectivity index (χ3v) is 5.98. The summed E-state index contributed by atoms with van der Waals surface area (Å²) < 4.78 is 1.86. The van der Waals surface area contributed by atoms with Crippen molar-refractivity contribution >= 4 is 17.5 Å². The van der Waals surface area contributed by atoms with Crippen LogP contribution in [0.15, 0.2) is 24.3 Å². The number of carbonyl (C=O) groups excluding carboxylic acids is 1. The van der Waals surface area contributed by atoms with Crippen molar-refractivity contribution in [3.05, 3.63) is 46.2 Å². The maximum atomic E-state index is 13.3. The SMILES string of the molecule is CC[NH+]1CCN(C(=O)c2c(C3CC3)nn(-c3ccccc3Cl)c2C)CC1. The van der Waals surface area contributed by atoms with Crippen LogP contribution in [-0.4, -0.2) is 53.3 Å². The summed E-state index contributed by atoms with van der Waals surface area (Å²) >= 11 is 6.39. The molecule has 1 aromatic carbocycles. The third kappa shape index (κ3) is 3.14. The Bertz CT molecular complexity index is 819. The van der Waals surface area contributed by atoms with Crippen LogP contribution in [0.5, 0.6) is 0 Å². The number of aromatic nitrogens is 2. The zero-order valence-electron chi connectivity index (χ0n) is 15.5. The van der Waals surface area contributed by atoms with Crippen molar-refractivity contribution in [1.29, 1.82) is 0 Å². The van der Waals surface area contributed by atoms with Crippen molar-refractivity contribution in [2.24, 2.45) is 0 Å². The average molecular weight is 374 g/mol. The minimum Gasteiger partial charge on any atom is -0.332 e. The van der Waals surface area contributed by atoms with Gasteiger partial charge in [0.25, 0.3) is 5.91 Å². The van der Waals surface area contributed by atoms with Crippen molar-refractivity contribution in [1.82, 2.24) is 14.7 Å². The summed E-state index contributed by atoms with van der Waals surface area (Å²) in [6.45, 7) is 9.01. The highest BCUT2D eigenvalue weighted by Gasteiger charge is 2.36. The summed E-state index contributed by atoms with van der Waals surface area (Å²) in [4.78, 5) is 16.9. The number of nitrogens with one attached hydrogen (secondary N) is 1. The topological polar surface area (TPSA) is 42.6 Å². The predicted octanol–water partition coefficient (Wildman–Crippen LogP) is 2.07. The Hall–Kier alpha value is -1.85. The molecule has 0 unspecified atom stereocenters. The van der Waals surface area contributed by atoms with Crippen LogP contribution in [0.4, 0.5) is 0 Å². The highest BCUT2D eigenvalue weighted by atomic mass is 35.5. The van der Waals surface area contributed by atoms with Gasteiger partial charge >= 0.3 is 0 Å². The smallest absolute Gasteiger partial charge is 0.258 e. The molecule has 0 radical (unpaired) electrons. The molecular formula is C20H26ClN4O+. The molecule has 2 heterocycles. The summed E-state index contributed by atoms with van der Waals surface area (Å²) in [5.74, 6) is 0.553. The molecule has 0 bridgehead atoms. The monoisotopic (exact) mass is 373 g/mol. The zero-order valence-corrected chi connectivity index (χ0v) is 16.2. The Morgan fingerprint density at radius 1 is 1.27 bits per heavy atom. The molecule has 1 aliphatic carbocycles. The molecule has 1 saturated heterocycles. The van der Waals surface area contributed by atoms with Gasteiger partial charge in [-0.25, -0.2) is 4.68 Å². The maximum absolute atomic E-state index is 13.3. The van der Waals surface area contributed by atoms with Crippen LogP contribution in [0.2, 0.25) is 5.02 Å². The van der Waals surface area contributed by atoms with Crippen molar-refractivity contribution in [3.8, 4) is 5.69 Å². The fourth-order valence-corrected chi connectivity index (χ4v) is 4.04. The van der Waals surface area contributed by atoms with E-state index in [1.165, 1.54) is 0 Å². The van der Waals surface area contributed by atoms with E-state index in [-0.39, 0.29) is 5.91 Å². The Labute approximate surface area is 159 Å². The number of benzene rings is 1. The fraction of sp³-hybridized carbons (Fsp3) is 0.500. The second kappa shape index (κ2) is 7.05. The molecule has 6 heteroatoms. The molecule has 26 heavy (non-hydrogen) atoms. The number of amides is 1. The lowest BCUT2D eigenvalue weighted by Crippen LogP contribution is -3.14. The average Bonchev–Trinajstić information content (AvgIpc) is 3.45. The fourth-order valence-electron chi connectivity index (χ4n) is 3.83. The maximum Gasteiger partial charge on any atom is 0.258 e. The third-order valence-electron chi connectivity index (χ3n) is 5.66. The molecule has 1 N–H and O–H groups in total. The largest absolute Gasteiger partial charge is 0.332 e. The highest BCUT2D eigenvalue weighted by molar-refractivity contribution is 6.32. The van der Waals surface area contributed by atoms with Crippen LogP contribution in [-0.2, 0) is 0 Å². The molecule has 0 atom stereocenters. The molecule has 0 spiro atoms. The molecule has 5 nitrogen and oxygen atoms in total. The van der Waals surface area contributed by atoms with Crippen molar-refractivity contribution in [3.63, 3.8) is 0 Å². The lowest BCUT2D eigenvalue weighted by molar-refractivity contribution is -0.902. The normalized spacial score (nSPS) is 18.3. The first kappa shape index (κ1) is 17.6. The van der Waals surface area contributed by atoms with E-state index in [1.54, 1.807) is 4.90 Å². The Morgan fingerprint density at radius 2 is 1.96 bits per heavy atom. The number of carbonyl (C=O) groups is 1. The van der Waals surface area contributed by atoms with E-state index in [1.807, 2.05) is 40.8 Å². The molecule has 138 valence electrons. The van der Waals surface area contributed by atoms with Gasteiger partial charge < -0.3 is 9.80 Å². The standard InChI is InChI=1S/C20H25ClN4O/c1-3-23-10-12-24(13-11-23)20(26)18-14(2)25(22-19(18)15-8-9-15)17-7-5-4-6-16(17)21/h4-7,15H,3,8-13H2,1-2H3/p+1. The van der Waals surface area contributed by atoms with Crippen molar-refractivity contribution in [2.45, 2.75) is 32.6 Å². The second-order valence-corrected chi connectivity index (χ2v) is 7.79. The first-order valence-electron chi connectivity index (χ1n) is 9.57. The molecular weight excluding hydrogens is 348 g/mol. The lowest BCUT2D eigenvalue weighted by atomic mass is 10.1. The molecule has 2 aromatic rings. The van der Waals surface area contributed by atoms with Crippen LogP contribution in [0, 0.1) is 6.92 Å². The van der Waals surface area contributed by atoms with Gasteiger partial charge in [-0.05, 0) is 38.8 Å². The number of para-hydroxylation sites is 1. The molecule has 1 aliphatic heterocycles. The van der Waals surface area contributed by atoms with Crippen LogP contribution in [0.3, 0.4) is 0 Å². The minimum absolute atomic E-state index is 0.137. The number of halogens is 1. The summed E-state index contributed by atoms with van der Waals surface area (Å²) in [6.07, 6.45) is 2.24. The van der Waals surface area contributed by atoms with E-state index in [4.69, 9.17) is 16.7 Å². The van der Waals surface area contributed by atoms with E-state index < -0.39 is 0 Å². The van der Waals surface area contributed by atoms with Gasteiger partial charge in [0.15, 0.2) is 0 Å². The number of hydrogen-bond donors (Lipinski definition) is 1. The van der Waals surface area contributed by atoms with Gasteiger partial charge in [0, 0.05) is 5.92 Å². The van der Waals surface area contributed by atoms with E-state index in [0.717, 1.165) is 68.2 Å². The molecule has 2 aliphatic rings. The number of hydrogen-bond acceptors (Lipinski definition) is 2. The van der Waals surface area contributed by atoms with Crippen molar-refractivity contribution < 1.29 is 9.69 Å². The van der Waals surface area contributed by atoms with Gasteiger partial charge in [0.05, 0.1) is 60.4 Å². The quantitative estimate of drug-likeness (QED) is 0.891. The zero-order chi connectivity index (χ0) is 18.3. The lowest BCUT2D eigenvalue weighted by Gasteiger charge is -2.31. The first-order valence-corrected chi connectivity index (χ1v) is 9.95. The summed E-state index contributed by atoms with van der Waals surface area (Å²) in [5, 5.41) is 5.48. The van der Waals surface area contributed by atoms with Gasteiger partial charge in [-0.15, -0.1) is 0 Å². The van der Waals surface area contributed by atoms with Crippen LogP contribution in [0.1, 0.15) is 47.4 Å². The molecule has 2 fully saturated rings. The molecule has 1 saturated carbocycles. The van der Waals surface area contributed by atoms with Gasteiger partial charge in [-0.1, -0.05) is 23.7 Å². The molecule has 1 amide bonds. The number of piperazine rings is 1. The van der Waals surface area contributed by atoms with Gasteiger partial charge in [0.1, 0.15) is 0 Å². The van der Waals surface area contributed by atoms with Crippen LogP contribution < -0.4 is 4.90 Å². The first-order chi connectivity index (χ1) is 12.6.